The third kappa shape index (κ3) is 2.61. The molecule has 1 N–H and O–H groups in total. The standard InChI is InChI=1S/C14H21N3O2S/c1-16(9-12-5-3-2-4-6-12)20(18,19)17-10-13-7-15-8-14(13)11-17/h2-6,13-15H,7-11H2,1H3. The summed E-state index contributed by atoms with van der Waals surface area (Å²) in [5.41, 5.74) is 1.01. The van der Waals surface area contributed by atoms with Crippen LogP contribution in [0.1, 0.15) is 5.56 Å². The minimum Gasteiger partial charge on any atom is -0.316 e. The van der Waals surface area contributed by atoms with E-state index in [4.69, 9.17) is 0 Å². The summed E-state index contributed by atoms with van der Waals surface area (Å²) in [5.74, 6) is 0.963. The smallest absolute Gasteiger partial charge is 0.282 e. The molecule has 0 bridgehead atoms. The summed E-state index contributed by atoms with van der Waals surface area (Å²) in [6.07, 6.45) is 0. The van der Waals surface area contributed by atoms with Crippen molar-refractivity contribution in [2.75, 3.05) is 33.2 Å². The van der Waals surface area contributed by atoms with E-state index < -0.39 is 10.2 Å². The molecule has 2 fully saturated rings. The van der Waals surface area contributed by atoms with Crippen LogP contribution in [0.15, 0.2) is 30.3 Å². The lowest BCUT2D eigenvalue weighted by Crippen LogP contribution is -2.41. The zero-order chi connectivity index (χ0) is 14.2. The van der Waals surface area contributed by atoms with Gasteiger partial charge < -0.3 is 5.32 Å². The molecule has 2 unspecified atom stereocenters. The summed E-state index contributed by atoms with van der Waals surface area (Å²) in [6.45, 7) is 3.61. The Morgan fingerprint density at radius 3 is 2.40 bits per heavy atom. The highest BCUT2D eigenvalue weighted by molar-refractivity contribution is 7.86. The van der Waals surface area contributed by atoms with E-state index in [0.29, 0.717) is 31.5 Å². The minimum absolute atomic E-state index is 0.424. The van der Waals surface area contributed by atoms with Gasteiger partial charge in [-0.1, -0.05) is 30.3 Å². The summed E-state index contributed by atoms with van der Waals surface area (Å²) in [5, 5.41) is 3.33. The van der Waals surface area contributed by atoms with Gasteiger partial charge in [-0.2, -0.15) is 17.0 Å². The van der Waals surface area contributed by atoms with Crippen molar-refractivity contribution in [3.05, 3.63) is 35.9 Å². The molecule has 0 spiro atoms. The summed E-state index contributed by atoms with van der Waals surface area (Å²) in [4.78, 5) is 0. The van der Waals surface area contributed by atoms with E-state index in [0.717, 1.165) is 18.7 Å². The number of nitrogens with zero attached hydrogens (tertiary/aromatic N) is 2. The first-order valence-electron chi connectivity index (χ1n) is 7.03. The number of fused-ring (bicyclic) bond motifs is 1. The monoisotopic (exact) mass is 295 g/mol. The van der Waals surface area contributed by atoms with Crippen LogP contribution in [0.5, 0.6) is 0 Å². The van der Waals surface area contributed by atoms with Crippen molar-refractivity contribution in [3.8, 4) is 0 Å². The van der Waals surface area contributed by atoms with E-state index >= 15 is 0 Å². The van der Waals surface area contributed by atoms with Crippen molar-refractivity contribution in [3.63, 3.8) is 0 Å². The molecular formula is C14H21N3O2S. The molecule has 2 atom stereocenters. The first-order chi connectivity index (χ1) is 9.57. The number of hydrogen-bond donors (Lipinski definition) is 1. The Labute approximate surface area is 120 Å². The van der Waals surface area contributed by atoms with Crippen LogP contribution in [0.2, 0.25) is 0 Å². The molecular weight excluding hydrogens is 274 g/mol. The van der Waals surface area contributed by atoms with Crippen LogP contribution >= 0.6 is 0 Å². The maximum absolute atomic E-state index is 12.6. The molecule has 0 aromatic heterocycles. The Kier molecular flexibility index (Phi) is 3.81. The van der Waals surface area contributed by atoms with Gasteiger partial charge in [-0.15, -0.1) is 0 Å². The lowest BCUT2D eigenvalue weighted by atomic mass is 10.0. The summed E-state index contributed by atoms with van der Waals surface area (Å²) >= 11 is 0. The molecule has 0 aliphatic carbocycles. The highest BCUT2D eigenvalue weighted by Crippen LogP contribution is 2.29. The fourth-order valence-electron chi connectivity index (χ4n) is 3.12. The van der Waals surface area contributed by atoms with E-state index in [1.54, 1.807) is 11.4 Å². The Bertz CT molecular complexity index is 549. The van der Waals surface area contributed by atoms with Crippen LogP contribution in [0.25, 0.3) is 0 Å². The quantitative estimate of drug-likeness (QED) is 0.881. The predicted octanol–water partition coefficient (Wildman–Crippen LogP) is 0.514. The largest absolute Gasteiger partial charge is 0.316 e. The van der Waals surface area contributed by atoms with E-state index in [1.807, 2.05) is 30.3 Å². The lowest BCUT2D eigenvalue weighted by molar-refractivity contribution is 0.378. The van der Waals surface area contributed by atoms with Crippen LogP contribution in [0, 0.1) is 11.8 Å². The second-order valence-electron chi connectivity index (χ2n) is 5.74. The van der Waals surface area contributed by atoms with Gasteiger partial charge >= 0.3 is 0 Å². The van der Waals surface area contributed by atoms with Crippen LogP contribution in [0.3, 0.4) is 0 Å². The van der Waals surface area contributed by atoms with Crippen LogP contribution in [0.4, 0.5) is 0 Å². The van der Waals surface area contributed by atoms with Gasteiger partial charge in [-0.05, 0) is 30.5 Å². The Morgan fingerprint density at radius 2 is 1.80 bits per heavy atom. The summed E-state index contributed by atoms with van der Waals surface area (Å²) in [7, 11) is -1.68. The molecule has 3 rings (SSSR count). The second kappa shape index (κ2) is 5.44. The third-order valence-electron chi connectivity index (χ3n) is 4.32. The molecule has 110 valence electrons. The molecule has 5 nitrogen and oxygen atoms in total. The Balaban J connectivity index is 1.69. The van der Waals surface area contributed by atoms with Crippen LogP contribution in [-0.2, 0) is 16.8 Å². The highest BCUT2D eigenvalue weighted by atomic mass is 32.2. The van der Waals surface area contributed by atoms with Gasteiger partial charge in [0.1, 0.15) is 0 Å². The van der Waals surface area contributed by atoms with Gasteiger partial charge in [0, 0.05) is 26.7 Å². The van der Waals surface area contributed by atoms with Crippen molar-refractivity contribution in [1.82, 2.24) is 13.9 Å². The van der Waals surface area contributed by atoms with Gasteiger partial charge in [0.25, 0.3) is 10.2 Å². The van der Waals surface area contributed by atoms with Crippen molar-refractivity contribution < 1.29 is 8.42 Å². The zero-order valence-electron chi connectivity index (χ0n) is 11.7. The number of hydrogen-bond acceptors (Lipinski definition) is 3. The number of nitrogens with one attached hydrogen (secondary N) is 1. The van der Waals surface area contributed by atoms with Gasteiger partial charge in [0.15, 0.2) is 0 Å². The van der Waals surface area contributed by atoms with Crippen molar-refractivity contribution in [2.45, 2.75) is 6.54 Å². The summed E-state index contributed by atoms with van der Waals surface area (Å²) in [6, 6.07) is 9.71. The molecule has 0 amide bonds. The van der Waals surface area contributed by atoms with Crippen LogP contribution < -0.4 is 5.32 Å². The molecule has 2 heterocycles. The van der Waals surface area contributed by atoms with Crippen LogP contribution in [-0.4, -0.2) is 50.3 Å². The SMILES string of the molecule is CN(Cc1ccccc1)S(=O)(=O)N1CC2CNCC2C1. The molecule has 20 heavy (non-hydrogen) atoms. The molecule has 2 aliphatic rings. The maximum atomic E-state index is 12.6. The van der Waals surface area contributed by atoms with Gasteiger partial charge in [0.05, 0.1) is 0 Å². The minimum atomic E-state index is -3.34. The second-order valence-corrected chi connectivity index (χ2v) is 7.78. The van der Waals surface area contributed by atoms with E-state index in [-0.39, 0.29) is 0 Å². The van der Waals surface area contributed by atoms with E-state index in [1.165, 1.54) is 4.31 Å². The van der Waals surface area contributed by atoms with Crippen molar-refractivity contribution in [1.29, 1.82) is 0 Å². The number of rotatable bonds is 4. The zero-order valence-corrected chi connectivity index (χ0v) is 12.5. The van der Waals surface area contributed by atoms with E-state index in [2.05, 4.69) is 5.32 Å². The predicted molar refractivity (Wildman–Crippen MR) is 78.3 cm³/mol. The molecule has 2 aliphatic heterocycles. The molecule has 6 heteroatoms. The maximum Gasteiger partial charge on any atom is 0.282 e. The fraction of sp³-hybridized carbons (Fsp3) is 0.571. The molecule has 1 aromatic rings. The Morgan fingerprint density at radius 1 is 1.20 bits per heavy atom. The molecule has 0 saturated carbocycles. The summed E-state index contributed by atoms with van der Waals surface area (Å²) < 4.78 is 28.3. The topological polar surface area (TPSA) is 52.7 Å². The number of benzene rings is 1. The normalized spacial score (nSPS) is 27.1. The first kappa shape index (κ1) is 14.0. The van der Waals surface area contributed by atoms with Gasteiger partial charge in [-0.25, -0.2) is 0 Å². The highest BCUT2D eigenvalue weighted by Gasteiger charge is 2.42. The molecule has 0 radical (unpaired) electrons. The Hall–Kier alpha value is -0.950. The van der Waals surface area contributed by atoms with Crippen molar-refractivity contribution in [2.24, 2.45) is 11.8 Å². The third-order valence-corrected chi connectivity index (χ3v) is 6.19. The lowest BCUT2D eigenvalue weighted by Gasteiger charge is -2.24. The average Bonchev–Trinajstić information content (AvgIpc) is 3.00. The van der Waals surface area contributed by atoms with Gasteiger partial charge in [0.2, 0.25) is 0 Å². The average molecular weight is 295 g/mol. The van der Waals surface area contributed by atoms with Crippen molar-refractivity contribution >= 4 is 10.2 Å². The van der Waals surface area contributed by atoms with E-state index in [9.17, 15) is 8.42 Å². The first-order valence-corrected chi connectivity index (χ1v) is 8.43. The van der Waals surface area contributed by atoms with Gasteiger partial charge in [-0.3, -0.25) is 0 Å². The molecule has 2 saturated heterocycles. The molecule has 1 aromatic carbocycles. The fourth-order valence-corrected chi connectivity index (χ4v) is 4.59.